The number of hydrogen-bond acceptors (Lipinski definition) is 5. The van der Waals surface area contributed by atoms with Crippen molar-refractivity contribution in [2.75, 3.05) is 5.32 Å². The van der Waals surface area contributed by atoms with Gasteiger partial charge in [-0.05, 0) is 48.9 Å². The van der Waals surface area contributed by atoms with Crippen LogP contribution in [0.25, 0.3) is 10.8 Å². The summed E-state index contributed by atoms with van der Waals surface area (Å²) < 4.78 is 5.24. The molecule has 4 rings (SSSR count). The number of carbonyl (C=O) groups excluding carboxylic acids is 4. The van der Waals surface area contributed by atoms with Crippen LogP contribution in [0.2, 0.25) is 0 Å². The summed E-state index contributed by atoms with van der Waals surface area (Å²) in [7, 11) is 0. The molecule has 7 nitrogen and oxygen atoms in total. The quantitative estimate of drug-likeness (QED) is 0.508. The van der Waals surface area contributed by atoms with Crippen LogP contribution in [-0.4, -0.2) is 40.7 Å². The van der Waals surface area contributed by atoms with E-state index in [1.807, 2.05) is 36.4 Å². The van der Waals surface area contributed by atoms with Gasteiger partial charge in [-0.3, -0.25) is 19.3 Å². The van der Waals surface area contributed by atoms with Crippen LogP contribution in [0.1, 0.15) is 34.6 Å². The first-order valence-electron chi connectivity index (χ1n) is 9.84. The second kappa shape index (κ2) is 8.02. The molecule has 1 N–H and O–H groups in total. The van der Waals surface area contributed by atoms with Crippen molar-refractivity contribution in [3.63, 3.8) is 0 Å². The van der Waals surface area contributed by atoms with Crippen molar-refractivity contribution >= 4 is 40.2 Å². The zero-order chi connectivity index (χ0) is 22.1. The third-order valence-electron chi connectivity index (χ3n) is 5.23. The minimum Gasteiger partial charge on any atom is -0.451 e. The van der Waals surface area contributed by atoms with Gasteiger partial charge in [-0.2, -0.15) is 0 Å². The van der Waals surface area contributed by atoms with Gasteiger partial charge in [-0.15, -0.1) is 0 Å². The molecule has 31 heavy (non-hydrogen) atoms. The minimum atomic E-state index is -1.16. The fraction of sp³-hybridized carbons (Fsp3) is 0.167. The lowest BCUT2D eigenvalue weighted by Crippen LogP contribution is -2.45. The van der Waals surface area contributed by atoms with Crippen LogP contribution >= 0.6 is 0 Å². The van der Waals surface area contributed by atoms with Gasteiger partial charge < -0.3 is 10.1 Å². The molecule has 0 unspecified atom stereocenters. The lowest BCUT2D eigenvalue weighted by molar-refractivity contribution is -0.156. The largest absolute Gasteiger partial charge is 0.451 e. The second-order valence-electron chi connectivity index (χ2n) is 7.33. The number of imide groups is 1. The Morgan fingerprint density at radius 1 is 0.839 bits per heavy atom. The molecule has 0 aromatic heterocycles. The first-order chi connectivity index (χ1) is 14.9. The maximum absolute atomic E-state index is 12.6. The van der Waals surface area contributed by atoms with Crippen molar-refractivity contribution in [1.82, 2.24) is 4.90 Å². The molecule has 3 aromatic carbocycles. The number of amides is 3. The molecule has 1 heterocycles. The summed E-state index contributed by atoms with van der Waals surface area (Å²) in [6.07, 6.45) is -1.11. The van der Waals surface area contributed by atoms with E-state index < -0.39 is 35.8 Å². The maximum atomic E-state index is 12.6. The summed E-state index contributed by atoms with van der Waals surface area (Å²) in [5.74, 6) is -2.47. The molecule has 156 valence electrons. The number of rotatable bonds is 5. The van der Waals surface area contributed by atoms with E-state index in [-0.39, 0.29) is 11.1 Å². The van der Waals surface area contributed by atoms with E-state index in [9.17, 15) is 19.2 Å². The molecule has 1 aliphatic rings. The molecule has 0 fully saturated rings. The SMILES string of the molecule is C[C@@H](OC(=O)[C@H](C)N1C(=O)c2ccccc2C1=O)C(=O)Nc1ccc2ccccc2c1. The number of anilines is 1. The zero-order valence-corrected chi connectivity index (χ0v) is 17.0. The number of nitrogens with zero attached hydrogens (tertiary/aromatic N) is 1. The standard InChI is InChI=1S/C24H20N2O5/c1-14(26-22(28)19-9-5-6-10-20(19)23(26)29)24(30)31-15(2)21(27)25-18-12-11-16-7-3-4-8-17(16)13-18/h3-15H,1-2H3,(H,25,27)/t14-,15+/m0/s1. The van der Waals surface area contributed by atoms with Crippen molar-refractivity contribution < 1.29 is 23.9 Å². The summed E-state index contributed by atoms with van der Waals surface area (Å²) in [4.78, 5) is 51.0. The van der Waals surface area contributed by atoms with E-state index in [1.165, 1.54) is 26.0 Å². The molecule has 1 aliphatic heterocycles. The molecular weight excluding hydrogens is 396 g/mol. The molecule has 0 radical (unpaired) electrons. The van der Waals surface area contributed by atoms with Gasteiger partial charge in [0.2, 0.25) is 0 Å². The molecule has 0 spiro atoms. The van der Waals surface area contributed by atoms with Crippen molar-refractivity contribution in [1.29, 1.82) is 0 Å². The molecular formula is C24H20N2O5. The highest BCUT2D eigenvalue weighted by molar-refractivity contribution is 6.22. The van der Waals surface area contributed by atoms with Crippen molar-refractivity contribution in [2.24, 2.45) is 0 Å². The Bertz CT molecular complexity index is 1180. The summed E-state index contributed by atoms with van der Waals surface area (Å²) in [5.41, 5.74) is 1.06. The predicted molar refractivity (Wildman–Crippen MR) is 115 cm³/mol. The zero-order valence-electron chi connectivity index (χ0n) is 17.0. The fourth-order valence-electron chi connectivity index (χ4n) is 3.50. The smallest absolute Gasteiger partial charge is 0.329 e. The third kappa shape index (κ3) is 3.77. The van der Waals surface area contributed by atoms with E-state index in [1.54, 1.807) is 18.2 Å². The number of esters is 1. The number of benzene rings is 3. The number of ether oxygens (including phenoxy) is 1. The Morgan fingerprint density at radius 2 is 1.42 bits per heavy atom. The molecule has 0 saturated heterocycles. The van der Waals surface area contributed by atoms with Crippen LogP contribution in [0.15, 0.2) is 66.7 Å². The van der Waals surface area contributed by atoms with Crippen LogP contribution in [0.4, 0.5) is 5.69 Å². The topological polar surface area (TPSA) is 92.8 Å². The molecule has 3 amide bonds. The van der Waals surface area contributed by atoms with Gasteiger partial charge in [-0.1, -0.05) is 42.5 Å². The van der Waals surface area contributed by atoms with Crippen molar-refractivity contribution in [2.45, 2.75) is 26.0 Å². The summed E-state index contributed by atoms with van der Waals surface area (Å²) >= 11 is 0. The van der Waals surface area contributed by atoms with E-state index in [0.29, 0.717) is 5.69 Å². The lowest BCUT2D eigenvalue weighted by Gasteiger charge is -2.22. The highest BCUT2D eigenvalue weighted by Gasteiger charge is 2.41. The van der Waals surface area contributed by atoms with Gasteiger partial charge in [0, 0.05) is 5.69 Å². The average Bonchev–Trinajstić information content (AvgIpc) is 3.03. The monoisotopic (exact) mass is 416 g/mol. The maximum Gasteiger partial charge on any atom is 0.329 e. The number of hydrogen-bond donors (Lipinski definition) is 1. The molecule has 0 saturated carbocycles. The first kappa shape index (κ1) is 20.3. The highest BCUT2D eigenvalue weighted by Crippen LogP contribution is 2.25. The second-order valence-corrected chi connectivity index (χ2v) is 7.33. The van der Waals surface area contributed by atoms with Gasteiger partial charge in [0.15, 0.2) is 6.10 Å². The van der Waals surface area contributed by atoms with Gasteiger partial charge in [0.05, 0.1) is 11.1 Å². The molecule has 0 aliphatic carbocycles. The van der Waals surface area contributed by atoms with Gasteiger partial charge in [0.25, 0.3) is 17.7 Å². The van der Waals surface area contributed by atoms with E-state index >= 15 is 0 Å². The van der Waals surface area contributed by atoms with E-state index in [0.717, 1.165) is 15.7 Å². The Hall–Kier alpha value is -4.00. The molecule has 0 bridgehead atoms. The Balaban J connectivity index is 1.41. The fourth-order valence-corrected chi connectivity index (χ4v) is 3.50. The van der Waals surface area contributed by atoms with Gasteiger partial charge in [0.1, 0.15) is 6.04 Å². The average molecular weight is 416 g/mol. The van der Waals surface area contributed by atoms with Crippen molar-refractivity contribution in [3.05, 3.63) is 77.9 Å². The minimum absolute atomic E-state index is 0.245. The van der Waals surface area contributed by atoms with Crippen LogP contribution in [0, 0.1) is 0 Å². The normalized spacial score (nSPS) is 14.8. The van der Waals surface area contributed by atoms with Crippen LogP contribution in [-0.2, 0) is 14.3 Å². The van der Waals surface area contributed by atoms with Gasteiger partial charge in [-0.25, -0.2) is 4.79 Å². The predicted octanol–water partition coefficient (Wildman–Crippen LogP) is 3.39. The van der Waals surface area contributed by atoms with E-state index in [4.69, 9.17) is 4.74 Å². The summed E-state index contributed by atoms with van der Waals surface area (Å²) in [6, 6.07) is 18.4. The first-order valence-corrected chi connectivity index (χ1v) is 9.84. The number of fused-ring (bicyclic) bond motifs is 2. The number of nitrogens with one attached hydrogen (secondary N) is 1. The van der Waals surface area contributed by atoms with E-state index in [2.05, 4.69) is 5.32 Å². The number of carbonyl (C=O) groups is 4. The summed E-state index contributed by atoms with van der Waals surface area (Å²) in [6.45, 7) is 2.83. The Kier molecular flexibility index (Phi) is 5.25. The third-order valence-corrected chi connectivity index (χ3v) is 5.23. The van der Waals surface area contributed by atoms with Crippen molar-refractivity contribution in [3.8, 4) is 0 Å². The Morgan fingerprint density at radius 3 is 2.06 bits per heavy atom. The van der Waals surface area contributed by atoms with Crippen LogP contribution < -0.4 is 5.32 Å². The van der Waals surface area contributed by atoms with Gasteiger partial charge >= 0.3 is 5.97 Å². The highest BCUT2D eigenvalue weighted by atomic mass is 16.5. The molecule has 3 aromatic rings. The molecule has 7 heteroatoms. The molecule has 2 atom stereocenters. The Labute approximate surface area is 178 Å². The van der Waals surface area contributed by atoms with Crippen LogP contribution in [0.5, 0.6) is 0 Å². The van der Waals surface area contributed by atoms with Crippen LogP contribution in [0.3, 0.4) is 0 Å². The lowest BCUT2D eigenvalue weighted by atomic mass is 10.1. The summed E-state index contributed by atoms with van der Waals surface area (Å²) in [5, 5.41) is 4.71.